The van der Waals surface area contributed by atoms with Gasteiger partial charge in [-0.3, -0.25) is 14.5 Å². The fourth-order valence-corrected chi connectivity index (χ4v) is 4.60. The largest absolute Gasteiger partial charge is 0.493 e. The number of carbonyl (C=O) groups excluding carboxylic acids is 1. The van der Waals surface area contributed by atoms with Crippen molar-refractivity contribution in [3.8, 4) is 11.5 Å². The van der Waals surface area contributed by atoms with E-state index in [1.807, 2.05) is 6.07 Å². The van der Waals surface area contributed by atoms with Gasteiger partial charge in [-0.15, -0.1) is 0 Å². The summed E-state index contributed by atoms with van der Waals surface area (Å²) in [5, 5.41) is 0. The van der Waals surface area contributed by atoms with Gasteiger partial charge < -0.3 is 14.4 Å². The standard InChI is InChI=1S/C22H27N3O5S/c1-25(16-12-13-18(29-2)19(15-16)30-3)21(26)11-5-4-8-14-23-22-17-9-6-7-10-20(17)31(27,28)24-22/h6-7,9-10,12-13,15H,4-5,8,11,14H2,1-3H3,(H,23,24). The number of benzene rings is 2. The van der Waals surface area contributed by atoms with E-state index < -0.39 is 10.0 Å². The summed E-state index contributed by atoms with van der Waals surface area (Å²) >= 11 is 0. The van der Waals surface area contributed by atoms with Gasteiger partial charge in [-0.25, -0.2) is 8.42 Å². The first-order chi connectivity index (χ1) is 14.9. The highest BCUT2D eigenvalue weighted by Gasteiger charge is 2.29. The SMILES string of the molecule is COc1ccc(N(C)C(=O)CCCCCN=C2NS(=O)(=O)c3ccccc32)cc1OC. The molecule has 0 saturated carbocycles. The number of nitrogens with zero attached hydrogens (tertiary/aromatic N) is 2. The maximum atomic E-state index is 12.5. The molecule has 2 aromatic rings. The molecular weight excluding hydrogens is 418 g/mol. The summed E-state index contributed by atoms with van der Waals surface area (Å²) in [7, 11) is 1.35. The molecule has 0 aliphatic carbocycles. The van der Waals surface area contributed by atoms with Gasteiger partial charge in [0.25, 0.3) is 10.0 Å². The molecule has 0 saturated heterocycles. The van der Waals surface area contributed by atoms with Gasteiger partial charge in [0.05, 0.1) is 19.1 Å². The number of fused-ring (bicyclic) bond motifs is 1. The van der Waals surface area contributed by atoms with Gasteiger partial charge in [0.2, 0.25) is 5.91 Å². The molecule has 3 rings (SSSR count). The fourth-order valence-electron chi connectivity index (χ4n) is 3.35. The Bertz CT molecular complexity index is 1080. The molecule has 1 heterocycles. The number of aliphatic imine (C=N–C) groups is 1. The Hall–Kier alpha value is -3.07. The zero-order valence-electron chi connectivity index (χ0n) is 17.9. The summed E-state index contributed by atoms with van der Waals surface area (Å²) in [6.07, 6.45) is 2.72. The molecule has 1 N–H and O–H groups in total. The third kappa shape index (κ3) is 5.16. The Balaban J connectivity index is 1.46. The highest BCUT2D eigenvalue weighted by atomic mass is 32.2. The van der Waals surface area contributed by atoms with Gasteiger partial charge in [0.1, 0.15) is 5.84 Å². The van der Waals surface area contributed by atoms with E-state index in [0.717, 1.165) is 24.9 Å². The minimum Gasteiger partial charge on any atom is -0.493 e. The first-order valence-electron chi connectivity index (χ1n) is 10.0. The molecule has 0 spiro atoms. The van der Waals surface area contributed by atoms with Crippen molar-refractivity contribution < 1.29 is 22.7 Å². The molecule has 0 bridgehead atoms. The summed E-state index contributed by atoms with van der Waals surface area (Å²) in [5.41, 5.74) is 1.34. The van der Waals surface area contributed by atoms with Crippen LogP contribution in [-0.4, -0.2) is 48.0 Å². The van der Waals surface area contributed by atoms with E-state index in [1.54, 1.807) is 62.6 Å². The molecule has 2 aromatic carbocycles. The Labute approximate surface area is 182 Å². The number of hydrogen-bond acceptors (Lipinski definition) is 6. The van der Waals surface area contributed by atoms with Crippen molar-refractivity contribution in [3.05, 3.63) is 48.0 Å². The summed E-state index contributed by atoms with van der Waals surface area (Å²) in [4.78, 5) is 18.8. The van der Waals surface area contributed by atoms with E-state index in [2.05, 4.69) is 9.71 Å². The van der Waals surface area contributed by atoms with Crippen LogP contribution in [0.2, 0.25) is 0 Å². The van der Waals surface area contributed by atoms with Crippen LogP contribution in [0.15, 0.2) is 52.4 Å². The van der Waals surface area contributed by atoms with Crippen LogP contribution < -0.4 is 19.1 Å². The second-order valence-electron chi connectivity index (χ2n) is 7.13. The number of ether oxygens (including phenoxy) is 2. The molecule has 0 radical (unpaired) electrons. The van der Waals surface area contributed by atoms with Crippen LogP contribution >= 0.6 is 0 Å². The highest BCUT2D eigenvalue weighted by Crippen LogP contribution is 2.31. The molecule has 0 fully saturated rings. The number of sulfonamides is 1. The maximum absolute atomic E-state index is 12.5. The smallest absolute Gasteiger partial charge is 0.263 e. The quantitative estimate of drug-likeness (QED) is 0.599. The lowest BCUT2D eigenvalue weighted by atomic mass is 10.1. The molecule has 1 aliphatic heterocycles. The number of anilines is 1. The average Bonchev–Trinajstić information content (AvgIpc) is 3.05. The van der Waals surface area contributed by atoms with Crippen molar-refractivity contribution in [3.63, 3.8) is 0 Å². The molecule has 0 atom stereocenters. The molecule has 1 aliphatic rings. The topological polar surface area (TPSA) is 97.3 Å². The normalized spacial score (nSPS) is 15.3. The third-order valence-electron chi connectivity index (χ3n) is 5.11. The van der Waals surface area contributed by atoms with Crippen molar-refractivity contribution in [2.75, 3.05) is 32.7 Å². The minimum atomic E-state index is -3.51. The second-order valence-corrected chi connectivity index (χ2v) is 8.79. The minimum absolute atomic E-state index is 0.0102. The Morgan fingerprint density at radius 2 is 1.77 bits per heavy atom. The van der Waals surface area contributed by atoms with Crippen LogP contribution in [0, 0.1) is 0 Å². The van der Waals surface area contributed by atoms with Crippen molar-refractivity contribution >= 4 is 27.5 Å². The lowest BCUT2D eigenvalue weighted by Crippen LogP contribution is -2.25. The van der Waals surface area contributed by atoms with Crippen molar-refractivity contribution in [2.24, 2.45) is 4.99 Å². The Morgan fingerprint density at radius 1 is 1.03 bits per heavy atom. The lowest BCUT2D eigenvalue weighted by molar-refractivity contribution is -0.118. The van der Waals surface area contributed by atoms with Crippen LogP contribution in [-0.2, 0) is 14.8 Å². The third-order valence-corrected chi connectivity index (χ3v) is 6.51. The van der Waals surface area contributed by atoms with Gasteiger partial charge in [-0.2, -0.15) is 0 Å². The molecule has 1 amide bonds. The second kappa shape index (κ2) is 9.82. The van der Waals surface area contributed by atoms with Gasteiger partial charge in [0, 0.05) is 37.3 Å². The van der Waals surface area contributed by atoms with Crippen molar-refractivity contribution in [1.82, 2.24) is 4.72 Å². The van der Waals surface area contributed by atoms with Crippen LogP contribution in [0.1, 0.15) is 31.2 Å². The zero-order valence-corrected chi connectivity index (χ0v) is 18.7. The molecule has 9 heteroatoms. The average molecular weight is 446 g/mol. The van der Waals surface area contributed by atoms with E-state index in [0.29, 0.717) is 35.9 Å². The molecule has 0 unspecified atom stereocenters. The van der Waals surface area contributed by atoms with Gasteiger partial charge >= 0.3 is 0 Å². The van der Waals surface area contributed by atoms with E-state index in [9.17, 15) is 13.2 Å². The van der Waals surface area contributed by atoms with Crippen molar-refractivity contribution in [1.29, 1.82) is 0 Å². The van der Waals surface area contributed by atoms with E-state index in [1.165, 1.54) is 0 Å². The Morgan fingerprint density at radius 3 is 2.52 bits per heavy atom. The number of methoxy groups -OCH3 is 2. The van der Waals surface area contributed by atoms with Crippen LogP contribution in [0.4, 0.5) is 5.69 Å². The number of hydrogen-bond donors (Lipinski definition) is 1. The monoisotopic (exact) mass is 445 g/mol. The molecule has 166 valence electrons. The summed E-state index contributed by atoms with van der Waals surface area (Å²) < 4.78 is 37.2. The highest BCUT2D eigenvalue weighted by molar-refractivity contribution is 7.90. The number of nitrogens with one attached hydrogen (secondary N) is 1. The Kier molecular flexibility index (Phi) is 7.17. The summed E-state index contributed by atoms with van der Waals surface area (Å²) in [6, 6.07) is 12.2. The predicted molar refractivity (Wildman–Crippen MR) is 120 cm³/mol. The molecule has 8 nitrogen and oxygen atoms in total. The molecule has 31 heavy (non-hydrogen) atoms. The van der Waals surface area contributed by atoms with Crippen LogP contribution in [0.3, 0.4) is 0 Å². The number of amides is 1. The number of amidine groups is 1. The number of unbranched alkanes of at least 4 members (excludes halogenated alkanes) is 2. The lowest BCUT2D eigenvalue weighted by Gasteiger charge is -2.19. The molecule has 0 aromatic heterocycles. The fraction of sp³-hybridized carbons (Fsp3) is 0.364. The molecular formula is C22H27N3O5S. The first-order valence-corrected chi connectivity index (χ1v) is 11.5. The first kappa shape index (κ1) is 22.6. The summed E-state index contributed by atoms with van der Waals surface area (Å²) in [5.74, 6) is 1.58. The number of rotatable bonds is 9. The van der Waals surface area contributed by atoms with E-state index >= 15 is 0 Å². The van der Waals surface area contributed by atoms with Gasteiger partial charge in [-0.1, -0.05) is 18.6 Å². The zero-order chi connectivity index (χ0) is 22.4. The summed E-state index contributed by atoms with van der Waals surface area (Å²) in [6.45, 7) is 0.492. The van der Waals surface area contributed by atoms with Crippen molar-refractivity contribution in [2.45, 2.75) is 30.6 Å². The number of carbonyl (C=O) groups is 1. The van der Waals surface area contributed by atoms with E-state index in [-0.39, 0.29) is 10.8 Å². The van der Waals surface area contributed by atoms with Crippen LogP contribution in [0.5, 0.6) is 11.5 Å². The van der Waals surface area contributed by atoms with E-state index in [4.69, 9.17) is 9.47 Å². The van der Waals surface area contributed by atoms with Crippen LogP contribution in [0.25, 0.3) is 0 Å². The van der Waals surface area contributed by atoms with Gasteiger partial charge in [0.15, 0.2) is 11.5 Å². The predicted octanol–water partition coefficient (Wildman–Crippen LogP) is 2.97. The van der Waals surface area contributed by atoms with Gasteiger partial charge in [-0.05, 0) is 37.1 Å². The maximum Gasteiger partial charge on any atom is 0.263 e.